The monoisotopic (exact) mass is 363 g/mol. The molecule has 0 bridgehead atoms. The lowest BCUT2D eigenvalue weighted by atomic mass is 10.1. The maximum atomic E-state index is 11.0. The quantitative estimate of drug-likeness (QED) is 0.224. The van der Waals surface area contributed by atoms with Crippen LogP contribution in [0.1, 0.15) is 96.8 Å². The van der Waals surface area contributed by atoms with Crippen molar-refractivity contribution in [1.82, 2.24) is 6.15 Å². The van der Waals surface area contributed by atoms with Crippen molar-refractivity contribution in [2.75, 3.05) is 0 Å². The van der Waals surface area contributed by atoms with Crippen LogP contribution in [0, 0.1) is 0 Å². The van der Waals surface area contributed by atoms with Gasteiger partial charge >= 0.3 is 10.1 Å². The zero-order chi connectivity index (χ0) is 17.4. The molecule has 0 amide bonds. The highest BCUT2D eigenvalue weighted by Crippen LogP contribution is 2.10. The molecule has 0 atom stereocenters. The molecule has 5 nitrogen and oxygen atoms in total. The Morgan fingerprint density at radius 2 is 1.21 bits per heavy atom. The number of hydrogen-bond acceptors (Lipinski definition) is 4. The second kappa shape index (κ2) is 17.1. The predicted molar refractivity (Wildman–Crippen MR) is 101 cm³/mol. The van der Waals surface area contributed by atoms with Crippen molar-refractivity contribution in [1.29, 1.82) is 0 Å². The van der Waals surface area contributed by atoms with Crippen molar-refractivity contribution in [2.45, 2.75) is 96.8 Å². The van der Waals surface area contributed by atoms with Crippen LogP contribution in [-0.4, -0.2) is 18.1 Å². The lowest BCUT2D eigenvalue weighted by Crippen LogP contribution is -2.12. The Hall–Kier alpha value is -0.720. The number of allylic oxidation sites excluding steroid dienone is 2. The Labute approximate surface area is 148 Å². The summed E-state index contributed by atoms with van der Waals surface area (Å²) in [5.74, 6) is 0. The van der Waals surface area contributed by atoms with E-state index >= 15 is 0 Å². The Bertz CT molecular complexity index is 419. The fourth-order valence-electron chi connectivity index (χ4n) is 2.47. The molecule has 0 aliphatic carbocycles. The van der Waals surface area contributed by atoms with Gasteiger partial charge in [0, 0.05) is 6.42 Å². The van der Waals surface area contributed by atoms with Crippen LogP contribution in [0.5, 0.6) is 0 Å². The van der Waals surface area contributed by atoms with Gasteiger partial charge in [-0.2, -0.15) is 8.42 Å². The summed E-state index contributed by atoms with van der Waals surface area (Å²) in [5, 5.41) is -1.06. The second-order valence-electron chi connectivity index (χ2n) is 6.18. The van der Waals surface area contributed by atoms with Crippen LogP contribution in [0.25, 0.3) is 0 Å². The number of carbonyl (C=O) groups excluding carboxylic acids is 1. The van der Waals surface area contributed by atoms with E-state index in [0.29, 0.717) is 6.42 Å². The molecular weight excluding hydrogens is 326 g/mol. The van der Waals surface area contributed by atoms with Crippen LogP contribution >= 0.6 is 0 Å². The summed E-state index contributed by atoms with van der Waals surface area (Å²) >= 11 is 0. The summed E-state index contributed by atoms with van der Waals surface area (Å²) in [6.45, 7) is 2.24. The molecule has 4 N–H and O–H groups in total. The highest BCUT2D eigenvalue weighted by atomic mass is 32.2. The lowest BCUT2D eigenvalue weighted by molar-refractivity contribution is -0.112. The first-order valence-corrected chi connectivity index (χ1v) is 10.6. The largest absolute Gasteiger partial charge is 0.344 e. The van der Waals surface area contributed by atoms with E-state index in [0.717, 1.165) is 32.1 Å². The van der Waals surface area contributed by atoms with E-state index in [1.165, 1.54) is 44.9 Å². The van der Waals surface area contributed by atoms with Gasteiger partial charge in [-0.1, -0.05) is 70.4 Å². The van der Waals surface area contributed by atoms with Gasteiger partial charge in [-0.15, -0.1) is 0 Å². The molecule has 0 spiro atoms. The van der Waals surface area contributed by atoms with E-state index in [2.05, 4.69) is 19.1 Å². The smallest absolute Gasteiger partial charge is 0.328 e. The maximum Gasteiger partial charge on any atom is 0.328 e. The minimum Gasteiger partial charge on any atom is -0.344 e. The van der Waals surface area contributed by atoms with E-state index in [-0.39, 0.29) is 12.6 Å². The van der Waals surface area contributed by atoms with Crippen LogP contribution in [0.3, 0.4) is 0 Å². The number of hydrogen-bond donors (Lipinski definition) is 2. The summed E-state index contributed by atoms with van der Waals surface area (Å²) in [6.07, 6.45) is 19.4. The molecule has 0 heterocycles. The van der Waals surface area contributed by atoms with Crippen LogP contribution in [0.4, 0.5) is 0 Å². The number of carbonyl (C=O) groups is 1. The van der Waals surface area contributed by atoms with Gasteiger partial charge in [-0.05, 0) is 32.1 Å². The third-order valence-electron chi connectivity index (χ3n) is 3.93. The first kappa shape index (κ1) is 25.5. The van der Waals surface area contributed by atoms with Crippen molar-refractivity contribution in [3.05, 3.63) is 12.2 Å². The predicted octanol–water partition coefficient (Wildman–Crippen LogP) is 5.60. The second-order valence-corrected chi connectivity index (χ2v) is 7.59. The van der Waals surface area contributed by atoms with E-state index in [4.69, 9.17) is 4.55 Å². The summed E-state index contributed by atoms with van der Waals surface area (Å²) in [7, 11) is -4.47. The van der Waals surface area contributed by atoms with Crippen molar-refractivity contribution in [3.63, 3.8) is 0 Å². The zero-order valence-electron chi connectivity index (χ0n) is 15.3. The first-order chi connectivity index (χ1) is 11.0. The minimum absolute atomic E-state index is 0. The number of rotatable bonds is 15. The van der Waals surface area contributed by atoms with E-state index in [9.17, 15) is 13.2 Å². The van der Waals surface area contributed by atoms with Crippen LogP contribution < -0.4 is 6.15 Å². The summed E-state index contributed by atoms with van der Waals surface area (Å²) in [5.41, 5.74) is 0. The van der Waals surface area contributed by atoms with Gasteiger partial charge < -0.3 is 6.15 Å². The summed E-state index contributed by atoms with van der Waals surface area (Å²) in [4.78, 5) is 11.0. The average Bonchev–Trinajstić information content (AvgIpc) is 2.50. The lowest BCUT2D eigenvalue weighted by Gasteiger charge is -2.00. The molecule has 0 rings (SSSR count). The highest BCUT2D eigenvalue weighted by Gasteiger charge is 2.16. The molecule has 24 heavy (non-hydrogen) atoms. The van der Waals surface area contributed by atoms with Crippen molar-refractivity contribution < 1.29 is 17.8 Å². The van der Waals surface area contributed by atoms with Crippen molar-refractivity contribution in [3.8, 4) is 0 Å². The molecule has 144 valence electrons. The Morgan fingerprint density at radius 3 is 1.67 bits per heavy atom. The highest BCUT2D eigenvalue weighted by molar-refractivity contribution is 8.01. The molecule has 0 aromatic carbocycles. The Kier molecular flexibility index (Phi) is 18.2. The number of unbranched alkanes of at least 4 members (excludes halogenated alkanes) is 11. The van der Waals surface area contributed by atoms with Gasteiger partial charge in [0.15, 0.2) is 0 Å². The third-order valence-corrected chi connectivity index (χ3v) is 4.71. The normalized spacial score (nSPS) is 11.6. The fraction of sp³-hybridized carbons (Fsp3) is 0.833. The Morgan fingerprint density at radius 1 is 0.792 bits per heavy atom. The third kappa shape index (κ3) is 17.6. The fourth-order valence-corrected chi connectivity index (χ4v) is 2.87. The molecule has 0 saturated heterocycles. The minimum atomic E-state index is -4.47. The SMILES string of the molecule is CCCCCCCC/C=C\CCCCCCCC(=O)S(=O)(=O)O.N. The van der Waals surface area contributed by atoms with Crippen LogP contribution in [-0.2, 0) is 14.9 Å². The summed E-state index contributed by atoms with van der Waals surface area (Å²) < 4.78 is 29.5. The standard InChI is InChI=1S/C18H34O4S.H3N/c1-2-3-4-5-6-7-8-9-10-11-12-13-14-15-16-17-18(19)23(20,21)22;/h9-10H,2-8,11-17H2,1H3,(H,20,21,22);1H3/b10-9-;. The van der Waals surface area contributed by atoms with E-state index < -0.39 is 15.2 Å². The van der Waals surface area contributed by atoms with Gasteiger partial charge in [0.25, 0.3) is 5.12 Å². The topological polar surface area (TPSA) is 106 Å². The van der Waals surface area contributed by atoms with Gasteiger partial charge in [0.05, 0.1) is 0 Å². The summed E-state index contributed by atoms with van der Waals surface area (Å²) in [6, 6.07) is 0. The average molecular weight is 364 g/mol. The molecule has 0 aromatic rings. The van der Waals surface area contributed by atoms with Crippen LogP contribution in [0.15, 0.2) is 12.2 Å². The molecule has 0 unspecified atom stereocenters. The van der Waals surface area contributed by atoms with E-state index in [1.807, 2.05) is 0 Å². The van der Waals surface area contributed by atoms with Crippen molar-refractivity contribution >= 4 is 15.2 Å². The van der Waals surface area contributed by atoms with Crippen LogP contribution in [0.2, 0.25) is 0 Å². The maximum absolute atomic E-state index is 11.0. The van der Waals surface area contributed by atoms with E-state index in [1.54, 1.807) is 0 Å². The Balaban J connectivity index is 0. The van der Waals surface area contributed by atoms with Gasteiger partial charge in [0.1, 0.15) is 0 Å². The molecule has 0 aliphatic heterocycles. The van der Waals surface area contributed by atoms with Gasteiger partial charge in [-0.3, -0.25) is 9.35 Å². The molecule has 0 aliphatic rings. The molecular formula is C18H37NO4S. The molecule has 0 saturated carbocycles. The zero-order valence-corrected chi connectivity index (χ0v) is 16.2. The van der Waals surface area contributed by atoms with Gasteiger partial charge in [-0.25, -0.2) is 0 Å². The molecule has 0 aromatic heterocycles. The van der Waals surface area contributed by atoms with Crippen molar-refractivity contribution in [2.24, 2.45) is 0 Å². The molecule has 0 radical (unpaired) electrons. The molecule has 0 fully saturated rings. The van der Waals surface area contributed by atoms with Gasteiger partial charge in [0.2, 0.25) is 0 Å². The first-order valence-electron chi connectivity index (χ1n) is 9.13. The molecule has 6 heteroatoms.